The van der Waals surface area contributed by atoms with E-state index in [1.54, 1.807) is 0 Å². The Kier molecular flexibility index (Phi) is 3.95. The predicted octanol–water partition coefficient (Wildman–Crippen LogP) is 2.76. The van der Waals surface area contributed by atoms with Crippen LogP contribution in [0.25, 0.3) is 0 Å². The summed E-state index contributed by atoms with van der Waals surface area (Å²) < 4.78 is 0. The van der Waals surface area contributed by atoms with E-state index in [2.05, 4.69) is 20.8 Å². The second-order valence-corrected chi connectivity index (χ2v) is 6.05. The van der Waals surface area contributed by atoms with E-state index in [-0.39, 0.29) is 11.4 Å². The zero-order valence-electron chi connectivity index (χ0n) is 12.1. The number of benzene rings is 1. The van der Waals surface area contributed by atoms with E-state index in [0.29, 0.717) is 19.0 Å². The van der Waals surface area contributed by atoms with Gasteiger partial charge in [0, 0.05) is 18.7 Å². The van der Waals surface area contributed by atoms with Crippen molar-refractivity contribution < 1.29 is 4.79 Å². The average Bonchev–Trinajstić information content (AvgIpc) is 2.35. The molecular weight excluding hydrogens is 236 g/mol. The Hall–Kier alpha value is -1.35. The van der Waals surface area contributed by atoms with Crippen molar-refractivity contribution in [3.8, 4) is 0 Å². The summed E-state index contributed by atoms with van der Waals surface area (Å²) in [5.74, 6) is 0.599. The highest BCUT2D eigenvalue weighted by Crippen LogP contribution is 2.25. The van der Waals surface area contributed by atoms with Crippen LogP contribution in [-0.4, -0.2) is 29.4 Å². The van der Waals surface area contributed by atoms with E-state index in [0.717, 1.165) is 18.4 Å². The molecule has 3 nitrogen and oxygen atoms in total. The van der Waals surface area contributed by atoms with Gasteiger partial charge in [-0.2, -0.15) is 0 Å². The zero-order chi connectivity index (χ0) is 14.0. The van der Waals surface area contributed by atoms with Gasteiger partial charge in [0.1, 0.15) is 0 Å². The van der Waals surface area contributed by atoms with E-state index in [4.69, 9.17) is 5.73 Å². The maximum atomic E-state index is 12.3. The molecule has 1 aromatic rings. The van der Waals surface area contributed by atoms with Gasteiger partial charge in [0.25, 0.3) is 5.91 Å². The lowest BCUT2D eigenvalue weighted by Crippen LogP contribution is -2.68. The van der Waals surface area contributed by atoms with Crippen LogP contribution in [0, 0.1) is 0 Å². The quantitative estimate of drug-likeness (QED) is 0.905. The fraction of sp³-hybridized carbons (Fsp3) is 0.562. The predicted molar refractivity (Wildman–Crippen MR) is 78.3 cm³/mol. The van der Waals surface area contributed by atoms with Gasteiger partial charge in [0.15, 0.2) is 0 Å². The number of carbonyl (C=O) groups excluding carboxylic acids is 1. The van der Waals surface area contributed by atoms with Gasteiger partial charge in [-0.25, -0.2) is 0 Å². The van der Waals surface area contributed by atoms with Crippen LogP contribution in [-0.2, 0) is 0 Å². The van der Waals surface area contributed by atoms with E-state index in [1.165, 1.54) is 5.56 Å². The van der Waals surface area contributed by atoms with Crippen molar-refractivity contribution in [2.24, 2.45) is 5.73 Å². The average molecular weight is 260 g/mol. The van der Waals surface area contributed by atoms with Crippen molar-refractivity contribution in [3.05, 3.63) is 35.4 Å². The van der Waals surface area contributed by atoms with Gasteiger partial charge in [0.05, 0.1) is 5.54 Å². The molecule has 1 saturated heterocycles. The number of likely N-dealkylation sites (tertiary alicyclic amines) is 1. The minimum Gasteiger partial charge on any atom is -0.335 e. The van der Waals surface area contributed by atoms with Crippen LogP contribution in [0.4, 0.5) is 0 Å². The first-order valence-corrected chi connectivity index (χ1v) is 7.13. The van der Waals surface area contributed by atoms with E-state index in [1.807, 2.05) is 29.2 Å². The van der Waals surface area contributed by atoms with Crippen molar-refractivity contribution in [1.29, 1.82) is 0 Å². The van der Waals surface area contributed by atoms with Crippen LogP contribution < -0.4 is 5.73 Å². The number of rotatable bonds is 4. The molecule has 0 spiro atoms. The molecule has 1 heterocycles. The Labute approximate surface area is 115 Å². The van der Waals surface area contributed by atoms with Gasteiger partial charge < -0.3 is 10.6 Å². The SMILES string of the molecule is CCCC1(N)CN(C(=O)c2ccc(C(C)C)cc2)C1. The van der Waals surface area contributed by atoms with Crippen LogP contribution in [0.2, 0.25) is 0 Å². The lowest BCUT2D eigenvalue weighted by molar-refractivity contribution is 0.0386. The van der Waals surface area contributed by atoms with Crippen molar-refractivity contribution in [2.75, 3.05) is 13.1 Å². The second-order valence-electron chi connectivity index (χ2n) is 6.05. The Bertz CT molecular complexity index is 444. The number of carbonyl (C=O) groups is 1. The molecule has 0 bridgehead atoms. The molecular formula is C16H24N2O. The smallest absolute Gasteiger partial charge is 0.253 e. The molecule has 0 atom stereocenters. The van der Waals surface area contributed by atoms with Gasteiger partial charge in [0.2, 0.25) is 0 Å². The lowest BCUT2D eigenvalue weighted by Gasteiger charge is -2.47. The first kappa shape index (κ1) is 14.1. The van der Waals surface area contributed by atoms with Crippen LogP contribution >= 0.6 is 0 Å². The summed E-state index contributed by atoms with van der Waals surface area (Å²) in [5.41, 5.74) is 8.07. The Morgan fingerprint density at radius 2 is 1.89 bits per heavy atom. The minimum atomic E-state index is -0.151. The van der Waals surface area contributed by atoms with Crippen molar-refractivity contribution in [2.45, 2.75) is 45.1 Å². The Morgan fingerprint density at radius 3 is 2.37 bits per heavy atom. The van der Waals surface area contributed by atoms with Crippen molar-refractivity contribution in [1.82, 2.24) is 4.90 Å². The molecule has 1 aliphatic heterocycles. The number of hydrogen-bond donors (Lipinski definition) is 1. The van der Waals surface area contributed by atoms with E-state index < -0.39 is 0 Å². The van der Waals surface area contributed by atoms with Gasteiger partial charge in [-0.3, -0.25) is 4.79 Å². The normalized spacial score (nSPS) is 17.4. The Morgan fingerprint density at radius 1 is 1.32 bits per heavy atom. The molecule has 1 amide bonds. The molecule has 104 valence electrons. The van der Waals surface area contributed by atoms with Gasteiger partial charge in [-0.1, -0.05) is 39.3 Å². The van der Waals surface area contributed by atoms with E-state index >= 15 is 0 Å². The summed E-state index contributed by atoms with van der Waals surface area (Å²) in [5, 5.41) is 0. The van der Waals surface area contributed by atoms with Crippen LogP contribution in [0.15, 0.2) is 24.3 Å². The number of hydrogen-bond acceptors (Lipinski definition) is 2. The van der Waals surface area contributed by atoms with E-state index in [9.17, 15) is 4.79 Å². The molecule has 0 radical (unpaired) electrons. The molecule has 2 N–H and O–H groups in total. The summed E-state index contributed by atoms with van der Waals surface area (Å²) in [6.45, 7) is 7.81. The third kappa shape index (κ3) is 2.98. The molecule has 0 aliphatic carbocycles. The highest BCUT2D eigenvalue weighted by Gasteiger charge is 2.41. The second kappa shape index (κ2) is 5.33. The standard InChI is InChI=1S/C16H24N2O/c1-4-9-16(17)10-18(11-16)15(19)14-7-5-13(6-8-14)12(2)3/h5-8,12H,4,9-11,17H2,1-3H3. The molecule has 2 rings (SSSR count). The van der Waals surface area contributed by atoms with Crippen LogP contribution in [0.1, 0.15) is 55.5 Å². The topological polar surface area (TPSA) is 46.3 Å². The van der Waals surface area contributed by atoms with Gasteiger partial charge in [-0.15, -0.1) is 0 Å². The number of nitrogens with two attached hydrogens (primary N) is 1. The number of amides is 1. The van der Waals surface area contributed by atoms with Crippen LogP contribution in [0.5, 0.6) is 0 Å². The molecule has 19 heavy (non-hydrogen) atoms. The van der Waals surface area contributed by atoms with Gasteiger partial charge in [-0.05, 0) is 30.0 Å². The highest BCUT2D eigenvalue weighted by molar-refractivity contribution is 5.95. The summed E-state index contributed by atoms with van der Waals surface area (Å²) >= 11 is 0. The first-order valence-electron chi connectivity index (χ1n) is 7.13. The summed E-state index contributed by atoms with van der Waals surface area (Å²) in [6, 6.07) is 7.93. The molecule has 1 fully saturated rings. The highest BCUT2D eigenvalue weighted by atomic mass is 16.2. The van der Waals surface area contributed by atoms with Gasteiger partial charge >= 0.3 is 0 Å². The molecule has 3 heteroatoms. The maximum absolute atomic E-state index is 12.3. The number of nitrogens with zero attached hydrogens (tertiary/aromatic N) is 1. The zero-order valence-corrected chi connectivity index (χ0v) is 12.1. The molecule has 0 unspecified atom stereocenters. The third-order valence-corrected chi connectivity index (χ3v) is 3.87. The van der Waals surface area contributed by atoms with Crippen molar-refractivity contribution >= 4 is 5.91 Å². The third-order valence-electron chi connectivity index (χ3n) is 3.87. The monoisotopic (exact) mass is 260 g/mol. The first-order chi connectivity index (χ1) is 8.95. The summed E-state index contributed by atoms with van der Waals surface area (Å²) in [6.07, 6.45) is 2.06. The van der Waals surface area contributed by atoms with Crippen molar-refractivity contribution in [3.63, 3.8) is 0 Å². The molecule has 0 saturated carbocycles. The summed E-state index contributed by atoms with van der Waals surface area (Å²) in [4.78, 5) is 14.1. The summed E-state index contributed by atoms with van der Waals surface area (Å²) in [7, 11) is 0. The molecule has 1 aromatic carbocycles. The minimum absolute atomic E-state index is 0.104. The largest absolute Gasteiger partial charge is 0.335 e. The van der Waals surface area contributed by atoms with Crippen LogP contribution in [0.3, 0.4) is 0 Å². The molecule has 0 aromatic heterocycles. The molecule has 1 aliphatic rings. The Balaban J connectivity index is 1.98. The fourth-order valence-corrected chi connectivity index (χ4v) is 2.71. The fourth-order valence-electron chi connectivity index (χ4n) is 2.71. The maximum Gasteiger partial charge on any atom is 0.253 e. The lowest BCUT2D eigenvalue weighted by atomic mass is 9.86.